The summed E-state index contributed by atoms with van der Waals surface area (Å²) >= 11 is 1.68. The van der Waals surface area contributed by atoms with E-state index in [4.69, 9.17) is 5.73 Å². The van der Waals surface area contributed by atoms with Crippen LogP contribution in [0, 0.1) is 0 Å². The maximum Gasteiger partial charge on any atom is 0.166 e. The predicted octanol–water partition coefficient (Wildman–Crippen LogP) is 2.00. The third-order valence-corrected chi connectivity index (χ3v) is 3.02. The minimum Gasteiger partial charge on any atom is -0.333 e. The lowest BCUT2D eigenvalue weighted by atomic mass is 10.3. The molecule has 2 aromatic rings. The number of nitrogens with one attached hydrogen (secondary N) is 1. The van der Waals surface area contributed by atoms with E-state index in [1.165, 1.54) is 0 Å². The van der Waals surface area contributed by atoms with E-state index in [2.05, 4.69) is 16.9 Å². The van der Waals surface area contributed by atoms with E-state index >= 15 is 0 Å². The highest BCUT2D eigenvalue weighted by Gasteiger charge is 2.06. The smallest absolute Gasteiger partial charge is 0.166 e. The molecule has 3 nitrogen and oxygen atoms in total. The number of nitrogens with zero attached hydrogens (tertiary/aromatic N) is 1. The summed E-state index contributed by atoms with van der Waals surface area (Å²) in [6.07, 6.45) is 0. The molecule has 2 rings (SSSR count). The number of H-pyrrole nitrogens is 1. The predicted molar refractivity (Wildman–Crippen MR) is 60.5 cm³/mol. The molecule has 0 aliphatic heterocycles. The lowest BCUT2D eigenvalue weighted by Gasteiger charge is -2.03. The molecule has 0 radical (unpaired) electrons. The number of benzene rings is 1. The molecule has 0 aliphatic carbocycles. The molecule has 0 spiro atoms. The molecule has 0 aliphatic rings. The first-order valence-electron chi connectivity index (χ1n) is 4.61. The van der Waals surface area contributed by atoms with Gasteiger partial charge in [-0.2, -0.15) is 0 Å². The molecule has 14 heavy (non-hydrogen) atoms. The van der Waals surface area contributed by atoms with Crippen LogP contribution in [0.5, 0.6) is 0 Å². The maximum atomic E-state index is 5.55. The van der Waals surface area contributed by atoms with E-state index in [0.29, 0.717) is 11.8 Å². The Morgan fingerprint density at radius 2 is 2.29 bits per heavy atom. The van der Waals surface area contributed by atoms with E-state index in [9.17, 15) is 0 Å². The van der Waals surface area contributed by atoms with Crippen molar-refractivity contribution >= 4 is 22.8 Å². The zero-order valence-electron chi connectivity index (χ0n) is 8.03. The number of hydrogen-bond acceptors (Lipinski definition) is 3. The van der Waals surface area contributed by atoms with E-state index in [1.54, 1.807) is 11.8 Å². The fraction of sp³-hybridized carbons (Fsp3) is 0.300. The monoisotopic (exact) mass is 207 g/mol. The van der Waals surface area contributed by atoms with Crippen LogP contribution in [0.1, 0.15) is 6.92 Å². The highest BCUT2D eigenvalue weighted by molar-refractivity contribution is 7.99. The van der Waals surface area contributed by atoms with Crippen molar-refractivity contribution in [2.75, 3.05) is 6.54 Å². The van der Waals surface area contributed by atoms with Crippen LogP contribution < -0.4 is 5.73 Å². The third kappa shape index (κ3) is 1.91. The molecule has 1 aromatic heterocycles. The Balaban J connectivity index is 2.27. The van der Waals surface area contributed by atoms with Crippen LogP contribution in [0.25, 0.3) is 11.0 Å². The van der Waals surface area contributed by atoms with E-state index < -0.39 is 0 Å². The van der Waals surface area contributed by atoms with Crippen molar-refractivity contribution < 1.29 is 0 Å². The Hall–Kier alpha value is -1.00. The summed E-state index contributed by atoms with van der Waals surface area (Å²) in [6.45, 7) is 2.76. The summed E-state index contributed by atoms with van der Waals surface area (Å²) < 4.78 is 0. The number of fused-ring (bicyclic) bond motifs is 1. The van der Waals surface area contributed by atoms with Crippen molar-refractivity contribution in [1.82, 2.24) is 9.97 Å². The molecule has 0 amide bonds. The largest absolute Gasteiger partial charge is 0.333 e. The van der Waals surface area contributed by atoms with Crippen LogP contribution >= 0.6 is 11.8 Å². The van der Waals surface area contributed by atoms with Crippen molar-refractivity contribution in [2.24, 2.45) is 5.73 Å². The first-order chi connectivity index (χ1) is 6.79. The molecule has 0 saturated heterocycles. The zero-order valence-corrected chi connectivity index (χ0v) is 8.84. The second-order valence-corrected chi connectivity index (χ2v) is 4.65. The highest BCUT2D eigenvalue weighted by atomic mass is 32.2. The molecule has 3 N–H and O–H groups in total. The minimum absolute atomic E-state index is 0.399. The van der Waals surface area contributed by atoms with E-state index in [0.717, 1.165) is 16.2 Å². The SMILES string of the molecule is C[C@@H](CN)Sc1nc2ccccc2[nH]1. The molecule has 4 heteroatoms. The van der Waals surface area contributed by atoms with Crippen LogP contribution in [0.4, 0.5) is 0 Å². The van der Waals surface area contributed by atoms with Gasteiger partial charge in [0, 0.05) is 11.8 Å². The molecule has 1 aromatic carbocycles. The number of aromatic amines is 1. The van der Waals surface area contributed by atoms with Gasteiger partial charge in [-0.25, -0.2) is 4.98 Å². The zero-order chi connectivity index (χ0) is 9.97. The Kier molecular flexibility index (Phi) is 2.74. The second kappa shape index (κ2) is 4.02. The van der Waals surface area contributed by atoms with Crippen LogP contribution in [0.3, 0.4) is 0 Å². The number of thioether (sulfide) groups is 1. The second-order valence-electron chi connectivity index (χ2n) is 3.22. The van der Waals surface area contributed by atoms with Gasteiger partial charge in [-0.3, -0.25) is 0 Å². The van der Waals surface area contributed by atoms with Gasteiger partial charge < -0.3 is 10.7 Å². The van der Waals surface area contributed by atoms with Crippen LogP contribution in [-0.4, -0.2) is 21.8 Å². The van der Waals surface area contributed by atoms with Gasteiger partial charge in [-0.15, -0.1) is 0 Å². The van der Waals surface area contributed by atoms with Gasteiger partial charge in [0.15, 0.2) is 5.16 Å². The van der Waals surface area contributed by atoms with Crippen LogP contribution in [0.2, 0.25) is 0 Å². The van der Waals surface area contributed by atoms with E-state index in [-0.39, 0.29) is 0 Å². The molecule has 0 saturated carbocycles. The van der Waals surface area contributed by atoms with Gasteiger partial charge in [0.2, 0.25) is 0 Å². The van der Waals surface area contributed by atoms with Gasteiger partial charge in [0.05, 0.1) is 11.0 Å². The first kappa shape index (κ1) is 9.55. The summed E-state index contributed by atoms with van der Waals surface area (Å²) in [7, 11) is 0. The summed E-state index contributed by atoms with van der Waals surface area (Å²) in [6, 6.07) is 8.02. The molecular formula is C10H13N3S. The van der Waals surface area contributed by atoms with Gasteiger partial charge in [0.1, 0.15) is 0 Å². The summed E-state index contributed by atoms with van der Waals surface area (Å²) in [4.78, 5) is 7.71. The fourth-order valence-electron chi connectivity index (χ4n) is 1.22. The van der Waals surface area contributed by atoms with Crippen LogP contribution in [0.15, 0.2) is 29.4 Å². The number of para-hydroxylation sites is 2. The number of aromatic nitrogens is 2. The minimum atomic E-state index is 0.399. The molecular weight excluding hydrogens is 194 g/mol. The van der Waals surface area contributed by atoms with Crippen molar-refractivity contribution in [2.45, 2.75) is 17.3 Å². The van der Waals surface area contributed by atoms with Gasteiger partial charge in [-0.1, -0.05) is 30.8 Å². The number of nitrogens with two attached hydrogens (primary N) is 1. The Morgan fingerprint density at radius 3 is 3.00 bits per heavy atom. The Labute approximate surface area is 87.1 Å². The Bertz CT molecular complexity index is 391. The van der Waals surface area contributed by atoms with Crippen molar-refractivity contribution in [1.29, 1.82) is 0 Å². The summed E-state index contributed by atoms with van der Waals surface area (Å²) in [5.74, 6) is 0. The Morgan fingerprint density at radius 1 is 1.50 bits per heavy atom. The van der Waals surface area contributed by atoms with Crippen LogP contribution in [-0.2, 0) is 0 Å². The number of rotatable bonds is 3. The standard InChI is InChI=1S/C10H13N3S/c1-7(6-11)14-10-12-8-4-2-3-5-9(8)13-10/h2-5,7H,6,11H2,1H3,(H,12,13)/t7-/m0/s1. The number of hydrogen-bond donors (Lipinski definition) is 2. The fourth-order valence-corrected chi connectivity index (χ4v) is 2.02. The van der Waals surface area contributed by atoms with Gasteiger partial charge in [0.25, 0.3) is 0 Å². The van der Waals surface area contributed by atoms with Crippen molar-refractivity contribution in [3.05, 3.63) is 24.3 Å². The molecule has 1 atom stereocenters. The topological polar surface area (TPSA) is 54.7 Å². The first-order valence-corrected chi connectivity index (χ1v) is 5.49. The average molecular weight is 207 g/mol. The number of imidazole rings is 1. The molecule has 74 valence electrons. The van der Waals surface area contributed by atoms with Crippen molar-refractivity contribution in [3.8, 4) is 0 Å². The third-order valence-electron chi connectivity index (χ3n) is 2.01. The normalized spacial score (nSPS) is 13.3. The quantitative estimate of drug-likeness (QED) is 0.757. The molecule has 0 fully saturated rings. The highest BCUT2D eigenvalue weighted by Crippen LogP contribution is 2.22. The summed E-state index contributed by atoms with van der Waals surface area (Å²) in [5.41, 5.74) is 7.65. The lowest BCUT2D eigenvalue weighted by molar-refractivity contribution is 0.938. The molecule has 0 bridgehead atoms. The lowest BCUT2D eigenvalue weighted by Crippen LogP contribution is -2.12. The van der Waals surface area contributed by atoms with Crippen molar-refractivity contribution in [3.63, 3.8) is 0 Å². The molecule has 0 unspecified atom stereocenters. The average Bonchev–Trinajstić information content (AvgIpc) is 2.59. The van der Waals surface area contributed by atoms with Gasteiger partial charge in [-0.05, 0) is 12.1 Å². The van der Waals surface area contributed by atoms with E-state index in [1.807, 2.05) is 24.3 Å². The molecule has 1 heterocycles. The van der Waals surface area contributed by atoms with Gasteiger partial charge >= 0.3 is 0 Å². The summed E-state index contributed by atoms with van der Waals surface area (Å²) in [5, 5.41) is 1.35. The maximum absolute atomic E-state index is 5.55.